The van der Waals surface area contributed by atoms with Crippen molar-refractivity contribution in [2.24, 2.45) is 0 Å². The summed E-state index contributed by atoms with van der Waals surface area (Å²) >= 11 is 0. The van der Waals surface area contributed by atoms with Gasteiger partial charge >= 0.3 is 0 Å². The first-order valence-corrected chi connectivity index (χ1v) is 0. The van der Waals surface area contributed by atoms with Crippen LogP contribution in [0, 0.1) is 0 Å². The molecule has 0 bridgehead atoms. The van der Waals surface area contributed by atoms with Crippen LogP contribution >= 0.6 is 0 Å². The molecule has 0 aromatic heterocycles. The van der Waals surface area contributed by atoms with E-state index in [-0.39, 0.29) is 61.6 Å². The quantitative estimate of drug-likeness (QED) is 0.579. The average Bonchev–Trinajstić information content (AvgIpc) is 0. The van der Waals surface area contributed by atoms with Crippen LogP contribution in [0.1, 0.15) is 0 Å². The first kappa shape index (κ1) is 43.6. The van der Waals surface area contributed by atoms with Gasteiger partial charge in [-0.2, -0.15) is 0 Å². The summed E-state index contributed by atoms with van der Waals surface area (Å²) in [5, 5.41) is 0. The van der Waals surface area contributed by atoms with E-state index in [9.17, 15) is 0 Å². The topological polar surface area (TPSA) is 35.0 Å². The van der Waals surface area contributed by atoms with Crippen LogP contribution in [-0.2, 0) is 55.5 Å². The Labute approximate surface area is 61.4 Å². The molecule has 0 saturated heterocycles. The molecule has 0 aliphatic carbocycles. The molecular weight excluding hydrogens is 217 g/mol. The smallest absolute Gasteiger partial charge is 0 e. The van der Waals surface area contributed by atoms with Gasteiger partial charge in [-0.25, -0.2) is 0 Å². The number of rotatable bonds is 0. The SMILES string of the molecule is N.[Cr].[Mn].[Mo]. The van der Waals surface area contributed by atoms with Crippen molar-refractivity contribution >= 4 is 0 Å². The molecule has 0 unspecified atom stereocenters. The summed E-state index contributed by atoms with van der Waals surface area (Å²) in [6, 6.07) is 0. The van der Waals surface area contributed by atoms with Crippen molar-refractivity contribution in [1.82, 2.24) is 6.15 Å². The maximum atomic E-state index is 0. The van der Waals surface area contributed by atoms with Crippen molar-refractivity contribution < 1.29 is 55.5 Å². The van der Waals surface area contributed by atoms with E-state index in [0.29, 0.717) is 0 Å². The van der Waals surface area contributed by atoms with E-state index >= 15 is 0 Å². The molecule has 0 amide bonds. The summed E-state index contributed by atoms with van der Waals surface area (Å²) in [5.74, 6) is 0. The van der Waals surface area contributed by atoms with Crippen molar-refractivity contribution in [1.29, 1.82) is 0 Å². The molecule has 0 aromatic carbocycles. The molecule has 0 aromatic rings. The van der Waals surface area contributed by atoms with Crippen LogP contribution in [0.25, 0.3) is 0 Å². The zero-order valence-corrected chi connectivity index (χ0v) is 6.36. The second kappa shape index (κ2) is 22.3. The fraction of sp³-hybridized carbons (Fsp3) is 0. The third kappa shape index (κ3) is 9.33. The van der Waals surface area contributed by atoms with Crippen molar-refractivity contribution in [3.05, 3.63) is 0 Å². The van der Waals surface area contributed by atoms with Crippen molar-refractivity contribution in [2.45, 2.75) is 0 Å². The molecule has 1 radical (unpaired) electrons. The van der Waals surface area contributed by atoms with Gasteiger partial charge in [0.25, 0.3) is 0 Å². The Morgan fingerprint density at radius 3 is 1.00 bits per heavy atom. The Morgan fingerprint density at radius 2 is 1.00 bits per heavy atom. The third-order valence-electron chi connectivity index (χ3n) is 0. The molecule has 0 saturated carbocycles. The van der Waals surface area contributed by atoms with Gasteiger partial charge in [-0.1, -0.05) is 0 Å². The molecule has 0 fully saturated rings. The second-order valence-electron chi connectivity index (χ2n) is 0. The third-order valence-corrected chi connectivity index (χ3v) is 0. The summed E-state index contributed by atoms with van der Waals surface area (Å²) in [7, 11) is 0. The van der Waals surface area contributed by atoms with E-state index in [1.54, 1.807) is 0 Å². The van der Waals surface area contributed by atoms with Crippen LogP contribution in [0.2, 0.25) is 0 Å². The molecule has 27 valence electrons. The van der Waals surface area contributed by atoms with Gasteiger partial charge in [0.05, 0.1) is 0 Å². The predicted octanol–water partition coefficient (Wildman–Crippen LogP) is 0.154. The van der Waals surface area contributed by atoms with E-state index in [4.69, 9.17) is 0 Å². The Bertz CT molecular complexity index is 8.00. The summed E-state index contributed by atoms with van der Waals surface area (Å²) in [4.78, 5) is 0. The van der Waals surface area contributed by atoms with E-state index in [1.807, 2.05) is 0 Å². The van der Waals surface area contributed by atoms with E-state index in [2.05, 4.69) is 0 Å². The van der Waals surface area contributed by atoms with Crippen LogP contribution < -0.4 is 6.15 Å². The van der Waals surface area contributed by atoms with Crippen molar-refractivity contribution in [3.63, 3.8) is 0 Å². The zero-order valence-electron chi connectivity index (χ0n) is 1.90. The molecule has 3 N–H and O–H groups in total. The minimum atomic E-state index is 0. The average molecular weight is 220 g/mol. The van der Waals surface area contributed by atoms with Gasteiger partial charge in [0, 0.05) is 55.5 Å². The van der Waals surface area contributed by atoms with Crippen molar-refractivity contribution in [3.8, 4) is 0 Å². The summed E-state index contributed by atoms with van der Waals surface area (Å²) in [6.07, 6.45) is 0. The van der Waals surface area contributed by atoms with E-state index < -0.39 is 0 Å². The minimum Gasteiger partial charge on any atom is -0.344 e. The van der Waals surface area contributed by atoms with Gasteiger partial charge in [-0.3, -0.25) is 0 Å². The zero-order chi connectivity index (χ0) is 0. The first-order valence-electron chi connectivity index (χ1n) is 0. The Morgan fingerprint density at radius 1 is 1.00 bits per heavy atom. The molecule has 0 aliphatic heterocycles. The Balaban J connectivity index is 0. The van der Waals surface area contributed by atoms with Crippen LogP contribution in [0.3, 0.4) is 0 Å². The largest absolute Gasteiger partial charge is 0.344 e. The van der Waals surface area contributed by atoms with Gasteiger partial charge in [0.1, 0.15) is 0 Å². The molecule has 0 atom stereocenters. The molecule has 0 heterocycles. The maximum Gasteiger partial charge on any atom is 0 e. The maximum absolute atomic E-state index is 0. The second-order valence-corrected chi connectivity index (χ2v) is 0. The molecule has 0 rings (SSSR count). The predicted molar refractivity (Wildman–Crippen MR) is 5.02 cm³/mol. The van der Waals surface area contributed by atoms with Gasteiger partial charge in [-0.05, 0) is 0 Å². The molecule has 4 heavy (non-hydrogen) atoms. The van der Waals surface area contributed by atoms with Gasteiger partial charge in [-0.15, -0.1) is 0 Å². The fourth-order valence-corrected chi connectivity index (χ4v) is 0. The van der Waals surface area contributed by atoms with Crippen LogP contribution in [0.15, 0.2) is 0 Å². The van der Waals surface area contributed by atoms with Crippen LogP contribution in [-0.4, -0.2) is 0 Å². The molecule has 1 nitrogen and oxygen atoms in total. The number of hydrogen-bond donors (Lipinski definition) is 1. The molecule has 4 heteroatoms. The number of hydrogen-bond acceptors (Lipinski definition) is 1. The van der Waals surface area contributed by atoms with E-state index in [0.717, 1.165) is 0 Å². The van der Waals surface area contributed by atoms with Crippen LogP contribution in [0.5, 0.6) is 0 Å². The fourth-order valence-electron chi connectivity index (χ4n) is 0. The Kier molecular flexibility index (Phi) is 242. The minimum absolute atomic E-state index is 0. The van der Waals surface area contributed by atoms with E-state index in [1.165, 1.54) is 0 Å². The Hall–Kier alpha value is 1.70. The van der Waals surface area contributed by atoms with Crippen molar-refractivity contribution in [2.75, 3.05) is 0 Å². The first-order chi connectivity index (χ1) is 0. The molecule has 0 aliphatic rings. The van der Waals surface area contributed by atoms with Gasteiger partial charge in [0.15, 0.2) is 0 Å². The summed E-state index contributed by atoms with van der Waals surface area (Å²) in [5.41, 5.74) is 0. The molecular formula is H3CrMnMoN. The molecule has 0 spiro atoms. The van der Waals surface area contributed by atoms with Crippen LogP contribution in [0.4, 0.5) is 0 Å². The monoisotopic (exact) mass is 222 g/mol. The summed E-state index contributed by atoms with van der Waals surface area (Å²) in [6.45, 7) is 0. The normalized spacial score (nSPS) is 0. The summed E-state index contributed by atoms with van der Waals surface area (Å²) < 4.78 is 0. The van der Waals surface area contributed by atoms with Gasteiger partial charge in [0.2, 0.25) is 0 Å². The standard InChI is InChI=1S/Cr.Mn.Mo.H3N/h;;;1H3. The van der Waals surface area contributed by atoms with Gasteiger partial charge < -0.3 is 6.15 Å².